The van der Waals surface area contributed by atoms with Crippen molar-refractivity contribution in [1.82, 2.24) is 9.88 Å². The molecule has 0 radical (unpaired) electrons. The van der Waals surface area contributed by atoms with Gasteiger partial charge in [0, 0.05) is 18.5 Å². The number of rotatable bonds is 10. The number of aromatic nitrogens is 2. The molecule has 8 nitrogen and oxygen atoms in total. The Kier molecular flexibility index (Phi) is 6.39. The third-order valence-electron chi connectivity index (χ3n) is 5.34. The standard InChI is InChI=1S/C24H25N3O5/c1-2-13-31-18-7-3-6-17(15-18)21-20(22(28)19-8-4-14-32-19)23(29)24(30)27(21)11-5-10-26-12-9-25-16-26/h3-4,6-9,12,14-16,21H,2,5,10-11,13H2,1H3,(H,28,29). The van der Waals surface area contributed by atoms with Crippen LogP contribution in [0.4, 0.5) is 0 Å². The van der Waals surface area contributed by atoms with Crippen molar-refractivity contribution in [1.29, 1.82) is 0 Å². The predicted octanol–water partition coefficient (Wildman–Crippen LogP) is 2.15. The number of H-pyrrole nitrogens is 1. The van der Waals surface area contributed by atoms with Gasteiger partial charge in [0.1, 0.15) is 18.1 Å². The zero-order chi connectivity index (χ0) is 22.5. The summed E-state index contributed by atoms with van der Waals surface area (Å²) in [6.45, 7) is 3.54. The number of aromatic amines is 1. The monoisotopic (exact) mass is 435 g/mol. The fraction of sp³-hybridized carbons (Fsp3) is 0.292. The molecule has 4 rings (SSSR count). The van der Waals surface area contributed by atoms with Crippen LogP contribution in [-0.4, -0.2) is 34.7 Å². The van der Waals surface area contributed by atoms with Gasteiger partial charge in [-0.05, 0) is 42.0 Å². The number of benzene rings is 1. The Hall–Kier alpha value is -3.81. The fourth-order valence-electron chi connectivity index (χ4n) is 3.87. The van der Waals surface area contributed by atoms with E-state index >= 15 is 0 Å². The molecule has 8 heteroatoms. The third kappa shape index (κ3) is 4.30. The third-order valence-corrected chi connectivity index (χ3v) is 5.34. The number of carbonyl (C=O) groups excluding carboxylic acids is 2. The minimum absolute atomic E-state index is 0.0364. The number of imidazole rings is 1. The second kappa shape index (κ2) is 9.55. The van der Waals surface area contributed by atoms with Crippen molar-refractivity contribution < 1.29 is 28.4 Å². The van der Waals surface area contributed by atoms with Gasteiger partial charge >= 0.3 is 0 Å². The lowest BCUT2D eigenvalue weighted by molar-refractivity contribution is -0.695. The number of ketones is 1. The van der Waals surface area contributed by atoms with E-state index in [1.54, 1.807) is 24.3 Å². The second-order valence-corrected chi connectivity index (χ2v) is 7.57. The molecule has 1 aromatic carbocycles. The fourth-order valence-corrected chi connectivity index (χ4v) is 3.87. The number of Topliss-reactive ketones (excluding diaryl/α,β-unsaturated/α-hetero) is 1. The maximum atomic E-state index is 13.1. The van der Waals surface area contributed by atoms with E-state index in [4.69, 9.17) is 9.15 Å². The van der Waals surface area contributed by atoms with Crippen molar-refractivity contribution in [2.24, 2.45) is 0 Å². The average molecular weight is 435 g/mol. The van der Waals surface area contributed by atoms with Gasteiger partial charge in [0.25, 0.3) is 0 Å². The van der Waals surface area contributed by atoms with Crippen LogP contribution in [0.15, 0.2) is 77.1 Å². The van der Waals surface area contributed by atoms with Crippen LogP contribution in [0.25, 0.3) is 0 Å². The number of amides is 1. The SMILES string of the molecule is CCCOc1cccc(C2C(C(=O)c3ccco3)=C([O-])C(=O)N2CCC[n+]2cc[nH]c2)c1. The number of furan rings is 1. The highest BCUT2D eigenvalue weighted by atomic mass is 16.5. The molecule has 1 N–H and O–H groups in total. The lowest BCUT2D eigenvalue weighted by Crippen LogP contribution is -2.37. The second-order valence-electron chi connectivity index (χ2n) is 7.57. The summed E-state index contributed by atoms with van der Waals surface area (Å²) in [6.07, 6.45) is 8.36. The molecule has 1 unspecified atom stereocenters. The molecule has 32 heavy (non-hydrogen) atoms. The van der Waals surface area contributed by atoms with E-state index in [9.17, 15) is 14.7 Å². The van der Waals surface area contributed by atoms with Crippen LogP contribution in [0.2, 0.25) is 0 Å². The maximum absolute atomic E-state index is 13.1. The van der Waals surface area contributed by atoms with Gasteiger partial charge in [-0.2, -0.15) is 0 Å². The number of hydrogen-bond acceptors (Lipinski definition) is 5. The highest BCUT2D eigenvalue weighted by Gasteiger charge is 2.40. The summed E-state index contributed by atoms with van der Waals surface area (Å²) in [6, 6.07) is 9.49. The summed E-state index contributed by atoms with van der Waals surface area (Å²) in [7, 11) is 0. The topological polar surface area (TPSA) is 102 Å². The minimum Gasteiger partial charge on any atom is -0.868 e. The molecule has 166 valence electrons. The summed E-state index contributed by atoms with van der Waals surface area (Å²) in [4.78, 5) is 30.5. The summed E-state index contributed by atoms with van der Waals surface area (Å²) < 4.78 is 12.9. The van der Waals surface area contributed by atoms with Crippen molar-refractivity contribution >= 4 is 11.7 Å². The van der Waals surface area contributed by atoms with Crippen molar-refractivity contribution in [3.05, 3.63) is 84.0 Å². The maximum Gasteiger partial charge on any atom is 0.241 e. The Morgan fingerprint density at radius 3 is 2.91 bits per heavy atom. The van der Waals surface area contributed by atoms with E-state index in [1.165, 1.54) is 17.2 Å². The molecule has 0 bridgehead atoms. The van der Waals surface area contributed by atoms with Crippen molar-refractivity contribution in [3.63, 3.8) is 0 Å². The molecule has 2 aromatic heterocycles. The number of aryl methyl sites for hydroxylation is 1. The summed E-state index contributed by atoms with van der Waals surface area (Å²) in [5.74, 6) is -1.37. The number of carbonyl (C=O) groups is 2. The van der Waals surface area contributed by atoms with E-state index in [0.717, 1.165) is 6.42 Å². The Labute approximate surface area is 185 Å². The van der Waals surface area contributed by atoms with Gasteiger partial charge in [-0.25, -0.2) is 4.57 Å². The smallest absolute Gasteiger partial charge is 0.241 e. The molecule has 0 aliphatic carbocycles. The number of ether oxygens (including phenoxy) is 1. The van der Waals surface area contributed by atoms with E-state index in [2.05, 4.69) is 4.98 Å². The molecule has 0 fully saturated rings. The molecule has 0 saturated heterocycles. The van der Waals surface area contributed by atoms with Gasteiger partial charge in [-0.15, -0.1) is 0 Å². The van der Waals surface area contributed by atoms with Gasteiger partial charge in [-0.1, -0.05) is 19.1 Å². The van der Waals surface area contributed by atoms with Crippen LogP contribution in [0.1, 0.15) is 41.9 Å². The van der Waals surface area contributed by atoms with Gasteiger partial charge in [-0.3, -0.25) is 14.6 Å². The first kappa shape index (κ1) is 21.4. The number of nitrogens with zero attached hydrogens (tertiary/aromatic N) is 2. The lowest BCUT2D eigenvalue weighted by Gasteiger charge is -2.27. The number of nitrogens with one attached hydrogen (secondary N) is 1. The van der Waals surface area contributed by atoms with Gasteiger partial charge < -0.3 is 19.2 Å². The Morgan fingerprint density at radius 1 is 1.31 bits per heavy atom. The summed E-state index contributed by atoms with van der Waals surface area (Å²) in [5, 5.41) is 13.0. The predicted molar refractivity (Wildman–Crippen MR) is 112 cm³/mol. The first-order valence-corrected chi connectivity index (χ1v) is 10.6. The molecular formula is C24H25N3O5. The van der Waals surface area contributed by atoms with Gasteiger partial charge in [0.15, 0.2) is 5.76 Å². The largest absolute Gasteiger partial charge is 0.868 e. The van der Waals surface area contributed by atoms with Crippen LogP contribution >= 0.6 is 0 Å². The van der Waals surface area contributed by atoms with Gasteiger partial charge in [0.05, 0.1) is 25.5 Å². The Bertz CT molecular complexity index is 1100. The quantitative estimate of drug-likeness (QED) is 0.388. The molecule has 0 spiro atoms. The normalized spacial score (nSPS) is 16.1. The van der Waals surface area contributed by atoms with Crippen molar-refractivity contribution in [2.45, 2.75) is 32.4 Å². The van der Waals surface area contributed by atoms with Crippen LogP contribution in [-0.2, 0) is 11.3 Å². The first-order chi connectivity index (χ1) is 15.6. The van der Waals surface area contributed by atoms with Crippen LogP contribution < -0.4 is 14.4 Å². The van der Waals surface area contributed by atoms with Crippen LogP contribution in [0, 0.1) is 0 Å². The summed E-state index contributed by atoms with van der Waals surface area (Å²) >= 11 is 0. The van der Waals surface area contributed by atoms with Crippen molar-refractivity contribution in [2.75, 3.05) is 13.2 Å². The lowest BCUT2D eigenvalue weighted by atomic mass is 9.95. The van der Waals surface area contributed by atoms with E-state index in [1.807, 2.05) is 36.3 Å². The Morgan fingerprint density at radius 2 is 2.19 bits per heavy atom. The van der Waals surface area contributed by atoms with Crippen LogP contribution in [0.5, 0.6) is 5.75 Å². The molecular weight excluding hydrogens is 410 g/mol. The Balaban J connectivity index is 1.66. The molecule has 3 aromatic rings. The number of hydrogen-bond donors (Lipinski definition) is 1. The van der Waals surface area contributed by atoms with E-state index in [-0.39, 0.29) is 11.3 Å². The first-order valence-electron chi connectivity index (χ1n) is 10.6. The molecule has 1 amide bonds. The van der Waals surface area contributed by atoms with Gasteiger partial charge in [0.2, 0.25) is 18.0 Å². The highest BCUT2D eigenvalue weighted by Crippen LogP contribution is 2.39. The minimum atomic E-state index is -0.797. The molecule has 3 heterocycles. The highest BCUT2D eigenvalue weighted by molar-refractivity contribution is 6.14. The van der Waals surface area contributed by atoms with E-state index < -0.39 is 23.5 Å². The van der Waals surface area contributed by atoms with E-state index in [0.29, 0.717) is 37.4 Å². The molecule has 1 aliphatic heterocycles. The molecule has 1 aliphatic rings. The zero-order valence-corrected chi connectivity index (χ0v) is 17.8. The van der Waals surface area contributed by atoms with Crippen LogP contribution in [0.3, 0.4) is 0 Å². The average Bonchev–Trinajstić information content (AvgIpc) is 3.56. The summed E-state index contributed by atoms with van der Waals surface area (Å²) in [5.41, 5.74) is 0.564. The zero-order valence-electron chi connectivity index (χ0n) is 17.8. The van der Waals surface area contributed by atoms with Crippen molar-refractivity contribution in [3.8, 4) is 5.75 Å². The molecule has 1 atom stereocenters. The molecule has 0 saturated carbocycles.